The number of rotatable bonds is 3. The minimum atomic E-state index is -0.00222. The molecule has 2 rings (SSSR count). The number of fused-ring (bicyclic) bond motifs is 1. The van der Waals surface area contributed by atoms with Crippen LogP contribution >= 0.6 is 11.8 Å². The average molecular weight is 249 g/mol. The van der Waals surface area contributed by atoms with Crippen LogP contribution in [0.2, 0.25) is 0 Å². The zero-order valence-electron chi connectivity index (χ0n) is 10.2. The van der Waals surface area contributed by atoms with Crippen molar-refractivity contribution in [1.82, 2.24) is 14.5 Å². The summed E-state index contributed by atoms with van der Waals surface area (Å²) in [4.78, 5) is 20.6. The molecule has 0 amide bonds. The predicted octanol–water partition coefficient (Wildman–Crippen LogP) is 2.48. The van der Waals surface area contributed by atoms with E-state index in [9.17, 15) is 4.79 Å². The van der Waals surface area contributed by atoms with Gasteiger partial charge in [0.25, 0.3) is 5.56 Å². The minimum absolute atomic E-state index is 0.00222. The summed E-state index contributed by atoms with van der Waals surface area (Å²) in [5.74, 6) is 0. The van der Waals surface area contributed by atoms with E-state index in [0.717, 1.165) is 17.5 Å². The highest BCUT2D eigenvalue weighted by Crippen LogP contribution is 2.17. The molecule has 5 heteroatoms. The molecule has 0 aliphatic heterocycles. The maximum atomic E-state index is 11.9. The quantitative estimate of drug-likeness (QED) is 0.619. The van der Waals surface area contributed by atoms with Crippen molar-refractivity contribution in [2.75, 3.05) is 6.26 Å². The van der Waals surface area contributed by atoms with Gasteiger partial charge in [0.05, 0.1) is 0 Å². The second-order valence-electron chi connectivity index (χ2n) is 3.93. The number of aromatic nitrogens is 3. The molecule has 17 heavy (non-hydrogen) atoms. The first kappa shape index (κ1) is 12.1. The lowest BCUT2D eigenvalue weighted by atomic mass is 10.2. The first-order valence-corrected chi connectivity index (χ1v) is 6.82. The van der Waals surface area contributed by atoms with Crippen LogP contribution in [0, 0.1) is 0 Å². The normalized spacial score (nSPS) is 12.9. The first-order valence-electron chi connectivity index (χ1n) is 5.59. The highest BCUT2D eigenvalue weighted by atomic mass is 32.2. The largest absolute Gasteiger partial charge is 0.290 e. The van der Waals surface area contributed by atoms with Gasteiger partial charge in [0, 0.05) is 23.7 Å². The van der Waals surface area contributed by atoms with Gasteiger partial charge in [0.1, 0.15) is 5.65 Å². The second-order valence-corrected chi connectivity index (χ2v) is 4.71. The Morgan fingerprint density at radius 3 is 2.88 bits per heavy atom. The number of pyridine rings is 1. The van der Waals surface area contributed by atoms with Crippen molar-refractivity contribution in [3.63, 3.8) is 0 Å². The smallest absolute Gasteiger partial charge is 0.252 e. The van der Waals surface area contributed by atoms with Crippen LogP contribution in [-0.4, -0.2) is 20.8 Å². The Bertz CT molecular complexity index is 594. The standard InChI is InChI=1S/C12H15N3OS/c1-4-8(2)15-10(16)6-5-9-7-13-12(17-3)14-11(9)15/h5-8H,4H2,1-3H3/t8-/m0/s1. The molecule has 1 atom stereocenters. The summed E-state index contributed by atoms with van der Waals surface area (Å²) in [6, 6.07) is 3.51. The lowest BCUT2D eigenvalue weighted by molar-refractivity contribution is 0.526. The molecule has 2 aromatic rings. The van der Waals surface area contributed by atoms with E-state index in [1.807, 2.05) is 13.2 Å². The molecule has 4 nitrogen and oxygen atoms in total. The van der Waals surface area contributed by atoms with Crippen LogP contribution in [0.25, 0.3) is 11.0 Å². The van der Waals surface area contributed by atoms with Gasteiger partial charge < -0.3 is 0 Å². The van der Waals surface area contributed by atoms with E-state index < -0.39 is 0 Å². The van der Waals surface area contributed by atoms with Gasteiger partial charge in [-0.25, -0.2) is 9.97 Å². The van der Waals surface area contributed by atoms with Crippen molar-refractivity contribution in [3.05, 3.63) is 28.7 Å². The molecule has 2 heterocycles. The molecule has 0 N–H and O–H groups in total. The molecule has 0 bridgehead atoms. The van der Waals surface area contributed by atoms with Crippen molar-refractivity contribution in [3.8, 4) is 0 Å². The van der Waals surface area contributed by atoms with E-state index in [2.05, 4.69) is 16.9 Å². The summed E-state index contributed by atoms with van der Waals surface area (Å²) in [5.41, 5.74) is 0.726. The molecule has 0 radical (unpaired) electrons. The fourth-order valence-corrected chi connectivity index (χ4v) is 2.07. The molecule has 0 aliphatic rings. The molecule has 0 saturated carbocycles. The fourth-order valence-electron chi connectivity index (χ4n) is 1.73. The van der Waals surface area contributed by atoms with Crippen molar-refractivity contribution >= 4 is 22.8 Å². The van der Waals surface area contributed by atoms with Gasteiger partial charge in [0.15, 0.2) is 5.16 Å². The third-order valence-corrected chi connectivity index (χ3v) is 3.42. The van der Waals surface area contributed by atoms with Crippen LogP contribution in [0.15, 0.2) is 28.3 Å². The van der Waals surface area contributed by atoms with Gasteiger partial charge in [-0.3, -0.25) is 9.36 Å². The van der Waals surface area contributed by atoms with Crippen LogP contribution in [0.1, 0.15) is 26.3 Å². The van der Waals surface area contributed by atoms with Crippen molar-refractivity contribution in [2.24, 2.45) is 0 Å². The fraction of sp³-hybridized carbons (Fsp3) is 0.417. The maximum Gasteiger partial charge on any atom is 0.252 e. The molecule has 0 unspecified atom stereocenters. The van der Waals surface area contributed by atoms with Crippen LogP contribution in [0.3, 0.4) is 0 Å². The third-order valence-electron chi connectivity index (χ3n) is 2.86. The Kier molecular flexibility index (Phi) is 3.47. The van der Waals surface area contributed by atoms with E-state index in [-0.39, 0.29) is 11.6 Å². The van der Waals surface area contributed by atoms with Gasteiger partial charge >= 0.3 is 0 Å². The van der Waals surface area contributed by atoms with E-state index in [1.54, 1.807) is 22.9 Å². The molecular formula is C12H15N3OS. The minimum Gasteiger partial charge on any atom is -0.290 e. The molecule has 0 spiro atoms. The molecular weight excluding hydrogens is 234 g/mol. The third kappa shape index (κ3) is 2.20. The van der Waals surface area contributed by atoms with Gasteiger partial charge in [0.2, 0.25) is 0 Å². The number of nitrogens with zero attached hydrogens (tertiary/aromatic N) is 3. The highest BCUT2D eigenvalue weighted by Gasteiger charge is 2.10. The Balaban J connectivity index is 2.77. The number of hydrogen-bond donors (Lipinski definition) is 0. The molecule has 0 aromatic carbocycles. The van der Waals surface area contributed by atoms with Crippen molar-refractivity contribution < 1.29 is 0 Å². The summed E-state index contributed by atoms with van der Waals surface area (Å²) in [6.07, 6.45) is 4.60. The lowest BCUT2D eigenvalue weighted by Crippen LogP contribution is -2.23. The highest BCUT2D eigenvalue weighted by molar-refractivity contribution is 7.98. The van der Waals surface area contributed by atoms with E-state index >= 15 is 0 Å². The summed E-state index contributed by atoms with van der Waals surface area (Å²) in [6.45, 7) is 4.09. The molecule has 0 aliphatic carbocycles. The zero-order chi connectivity index (χ0) is 12.4. The van der Waals surface area contributed by atoms with E-state index in [0.29, 0.717) is 5.16 Å². The van der Waals surface area contributed by atoms with Gasteiger partial charge in [-0.05, 0) is 25.7 Å². The van der Waals surface area contributed by atoms with Crippen LogP contribution in [0.5, 0.6) is 0 Å². The van der Waals surface area contributed by atoms with Gasteiger partial charge in [-0.1, -0.05) is 18.7 Å². The van der Waals surface area contributed by atoms with Crippen LogP contribution < -0.4 is 5.56 Å². The summed E-state index contributed by atoms with van der Waals surface area (Å²) in [5, 5.41) is 1.60. The van der Waals surface area contributed by atoms with Crippen molar-refractivity contribution in [2.45, 2.75) is 31.5 Å². The van der Waals surface area contributed by atoms with Crippen LogP contribution in [0.4, 0.5) is 0 Å². The Morgan fingerprint density at radius 2 is 2.24 bits per heavy atom. The lowest BCUT2D eigenvalue weighted by Gasteiger charge is -2.15. The monoisotopic (exact) mass is 249 g/mol. The summed E-state index contributed by atoms with van der Waals surface area (Å²) < 4.78 is 1.75. The van der Waals surface area contributed by atoms with E-state index in [4.69, 9.17) is 0 Å². The van der Waals surface area contributed by atoms with Crippen molar-refractivity contribution in [1.29, 1.82) is 0 Å². The second kappa shape index (κ2) is 4.87. The van der Waals surface area contributed by atoms with E-state index in [1.165, 1.54) is 11.8 Å². The number of hydrogen-bond acceptors (Lipinski definition) is 4. The molecule has 90 valence electrons. The Labute approximate surface area is 104 Å². The molecule has 0 saturated heterocycles. The summed E-state index contributed by atoms with van der Waals surface area (Å²) >= 11 is 1.48. The molecule has 2 aromatic heterocycles. The Hall–Kier alpha value is -1.36. The summed E-state index contributed by atoms with van der Waals surface area (Å²) in [7, 11) is 0. The SMILES string of the molecule is CC[C@H](C)n1c(=O)ccc2cnc(SC)nc21. The topological polar surface area (TPSA) is 47.8 Å². The van der Waals surface area contributed by atoms with Crippen LogP contribution in [-0.2, 0) is 0 Å². The molecule has 0 fully saturated rings. The average Bonchev–Trinajstić information content (AvgIpc) is 2.37. The van der Waals surface area contributed by atoms with Gasteiger partial charge in [-0.2, -0.15) is 0 Å². The predicted molar refractivity (Wildman–Crippen MR) is 70.6 cm³/mol. The Morgan fingerprint density at radius 1 is 1.47 bits per heavy atom. The maximum absolute atomic E-state index is 11.9. The number of thioether (sulfide) groups is 1. The zero-order valence-corrected chi connectivity index (χ0v) is 11.0. The van der Waals surface area contributed by atoms with Gasteiger partial charge in [-0.15, -0.1) is 0 Å². The first-order chi connectivity index (χ1) is 8.17.